The summed E-state index contributed by atoms with van der Waals surface area (Å²) in [7, 11) is 1.16. The van der Waals surface area contributed by atoms with Crippen LogP contribution in [0.4, 0.5) is 0 Å². The minimum atomic E-state index is -4.63. The van der Waals surface area contributed by atoms with Crippen LogP contribution in [0.5, 0.6) is 0 Å². The molecule has 0 bridgehead atoms. The molecule has 0 aromatic carbocycles. The van der Waals surface area contributed by atoms with Crippen molar-refractivity contribution in [3.63, 3.8) is 0 Å². The molecular formula is C57H106NO8P. The van der Waals surface area contributed by atoms with Crippen LogP contribution in [0.1, 0.15) is 251 Å². The average molecular weight is 964 g/mol. The van der Waals surface area contributed by atoms with Crippen molar-refractivity contribution in [3.05, 3.63) is 48.6 Å². The Morgan fingerprint density at radius 2 is 0.806 bits per heavy atom. The number of ether oxygens (including phenoxy) is 2. The lowest BCUT2D eigenvalue weighted by Gasteiger charge is -2.28. The third-order valence-corrected chi connectivity index (χ3v) is 13.0. The minimum Gasteiger partial charge on any atom is -0.756 e. The van der Waals surface area contributed by atoms with E-state index in [4.69, 9.17) is 18.5 Å². The fourth-order valence-corrected chi connectivity index (χ4v) is 8.45. The van der Waals surface area contributed by atoms with Gasteiger partial charge in [-0.1, -0.05) is 210 Å². The summed E-state index contributed by atoms with van der Waals surface area (Å²) in [5, 5.41) is 0. The van der Waals surface area contributed by atoms with Crippen molar-refractivity contribution in [2.45, 2.75) is 258 Å². The third-order valence-electron chi connectivity index (χ3n) is 12.1. The summed E-state index contributed by atoms with van der Waals surface area (Å²) in [4.78, 5) is 37.8. The Hall–Kier alpha value is -2.03. The lowest BCUT2D eigenvalue weighted by Crippen LogP contribution is -2.37. The van der Waals surface area contributed by atoms with Gasteiger partial charge in [0.15, 0.2) is 6.10 Å². The van der Waals surface area contributed by atoms with Crippen LogP contribution < -0.4 is 4.89 Å². The zero-order valence-electron chi connectivity index (χ0n) is 44.3. The third kappa shape index (κ3) is 53.2. The molecule has 2 unspecified atom stereocenters. The van der Waals surface area contributed by atoms with Gasteiger partial charge in [0.25, 0.3) is 7.82 Å². The zero-order valence-corrected chi connectivity index (χ0v) is 45.2. The Balaban J connectivity index is 4.17. The van der Waals surface area contributed by atoms with E-state index in [9.17, 15) is 19.0 Å². The van der Waals surface area contributed by atoms with Crippen LogP contribution >= 0.6 is 7.82 Å². The molecule has 0 aromatic rings. The molecule has 0 aromatic heterocycles. The van der Waals surface area contributed by atoms with Gasteiger partial charge in [0.1, 0.15) is 19.8 Å². The molecule has 0 saturated heterocycles. The summed E-state index contributed by atoms with van der Waals surface area (Å²) < 4.78 is 34.1. The van der Waals surface area contributed by atoms with Gasteiger partial charge in [0.05, 0.1) is 27.7 Å². The van der Waals surface area contributed by atoms with E-state index in [0.29, 0.717) is 17.4 Å². The smallest absolute Gasteiger partial charge is 0.306 e. The van der Waals surface area contributed by atoms with Crippen molar-refractivity contribution in [3.8, 4) is 0 Å². The van der Waals surface area contributed by atoms with Crippen LogP contribution in [0.25, 0.3) is 0 Å². The van der Waals surface area contributed by atoms with E-state index in [1.165, 1.54) is 148 Å². The van der Waals surface area contributed by atoms with Gasteiger partial charge in [-0.15, -0.1) is 0 Å². The predicted molar refractivity (Wildman–Crippen MR) is 282 cm³/mol. The summed E-state index contributed by atoms with van der Waals surface area (Å²) in [5.41, 5.74) is 0. The summed E-state index contributed by atoms with van der Waals surface area (Å²) in [6.07, 6.45) is 60.0. The van der Waals surface area contributed by atoms with E-state index < -0.39 is 26.5 Å². The van der Waals surface area contributed by atoms with Crippen LogP contribution in [-0.4, -0.2) is 70.0 Å². The number of likely N-dealkylation sites (N-methyl/N-ethyl adjacent to an activating group) is 1. The monoisotopic (exact) mass is 964 g/mol. The maximum Gasteiger partial charge on any atom is 0.306 e. The van der Waals surface area contributed by atoms with Gasteiger partial charge in [-0.3, -0.25) is 14.2 Å². The topological polar surface area (TPSA) is 111 Å². The quantitative estimate of drug-likeness (QED) is 0.0195. The number of nitrogens with zero attached hydrogens (tertiary/aromatic N) is 1. The first-order chi connectivity index (χ1) is 32.5. The first-order valence-corrected chi connectivity index (χ1v) is 29.3. The van der Waals surface area contributed by atoms with Crippen molar-refractivity contribution in [2.24, 2.45) is 0 Å². The molecule has 9 nitrogen and oxygen atoms in total. The van der Waals surface area contributed by atoms with E-state index >= 15 is 0 Å². The second-order valence-electron chi connectivity index (χ2n) is 19.9. The molecule has 0 heterocycles. The van der Waals surface area contributed by atoms with Crippen molar-refractivity contribution >= 4 is 19.8 Å². The summed E-state index contributed by atoms with van der Waals surface area (Å²) in [6, 6.07) is 0. The lowest BCUT2D eigenvalue weighted by atomic mass is 10.0. The molecule has 0 aliphatic heterocycles. The number of carbonyl (C=O) groups is 2. The molecule has 0 saturated carbocycles. The largest absolute Gasteiger partial charge is 0.756 e. The fraction of sp³-hybridized carbons (Fsp3) is 0.825. The number of carbonyl (C=O) groups excluding carboxylic acids is 2. The van der Waals surface area contributed by atoms with Crippen molar-refractivity contribution in [1.29, 1.82) is 0 Å². The Labute approximate surface area is 414 Å². The number of allylic oxidation sites excluding steroid dienone is 8. The normalized spacial score (nSPS) is 13.7. The molecule has 10 heteroatoms. The Morgan fingerprint density at radius 3 is 1.21 bits per heavy atom. The number of phosphoric ester groups is 1. The molecule has 0 spiro atoms. The van der Waals surface area contributed by atoms with Gasteiger partial charge >= 0.3 is 11.9 Å². The highest BCUT2D eigenvalue weighted by atomic mass is 31.2. The predicted octanol–water partition coefficient (Wildman–Crippen LogP) is 16.3. The summed E-state index contributed by atoms with van der Waals surface area (Å²) in [5.74, 6) is -0.839. The van der Waals surface area contributed by atoms with Crippen molar-refractivity contribution in [2.75, 3.05) is 47.5 Å². The summed E-state index contributed by atoms with van der Waals surface area (Å²) >= 11 is 0. The van der Waals surface area contributed by atoms with Crippen LogP contribution in [0.15, 0.2) is 48.6 Å². The number of hydrogen-bond acceptors (Lipinski definition) is 8. The maximum absolute atomic E-state index is 12.8. The molecule has 0 radical (unpaired) electrons. The van der Waals surface area contributed by atoms with Gasteiger partial charge in [0, 0.05) is 12.8 Å². The van der Waals surface area contributed by atoms with E-state index in [-0.39, 0.29) is 32.0 Å². The summed E-state index contributed by atoms with van der Waals surface area (Å²) in [6.45, 7) is 4.23. The van der Waals surface area contributed by atoms with Crippen LogP contribution in [0.3, 0.4) is 0 Å². The molecule has 2 atom stereocenters. The van der Waals surface area contributed by atoms with Gasteiger partial charge in [-0.05, 0) is 77.0 Å². The first kappa shape index (κ1) is 65.0. The standard InChI is InChI=1S/C57H106NO8P/c1-6-8-10-12-14-16-18-20-22-24-25-26-27-28-29-30-31-32-33-34-36-38-40-42-44-46-48-50-57(60)66-55(54-65-67(61,62)64-52-51-58(3,4)5)53-63-56(59)49-47-45-43-41-39-37-35-23-21-19-17-15-13-11-9-7-2/h18,20,23-25,27-28,35,55H,6-17,19,21-22,26,29-34,36-54H2,1-5H3/b20-18-,25-24-,28-27-,35-23-. The fourth-order valence-electron chi connectivity index (χ4n) is 7.72. The number of esters is 2. The Morgan fingerprint density at radius 1 is 0.463 bits per heavy atom. The van der Waals surface area contributed by atoms with E-state index in [0.717, 1.165) is 70.6 Å². The molecule has 0 fully saturated rings. The highest BCUT2D eigenvalue weighted by molar-refractivity contribution is 7.45. The maximum atomic E-state index is 12.8. The zero-order chi connectivity index (χ0) is 49.2. The Bertz CT molecular complexity index is 1270. The highest BCUT2D eigenvalue weighted by Gasteiger charge is 2.21. The number of phosphoric acid groups is 1. The first-order valence-electron chi connectivity index (χ1n) is 27.8. The molecule has 0 aliphatic rings. The molecule has 0 N–H and O–H groups in total. The average Bonchev–Trinajstić information content (AvgIpc) is 3.29. The minimum absolute atomic E-state index is 0.0328. The Kier molecular flexibility index (Phi) is 47.5. The number of hydrogen-bond donors (Lipinski definition) is 0. The molecule has 392 valence electrons. The molecule has 0 aliphatic carbocycles. The number of quaternary nitrogens is 1. The SMILES string of the molecule is CCCCCCC/C=C\C/C=C\C/C=C\CCCCCCCCCCCCCCC(=O)OC(COC(=O)CCCCCCC/C=C\CCCCCCCCC)COP(=O)([O-])OCC[N+](C)(C)C. The van der Waals surface area contributed by atoms with Gasteiger partial charge in [-0.25, -0.2) is 0 Å². The van der Waals surface area contributed by atoms with E-state index in [1.54, 1.807) is 0 Å². The van der Waals surface area contributed by atoms with Gasteiger partial charge < -0.3 is 27.9 Å². The van der Waals surface area contributed by atoms with Gasteiger partial charge in [-0.2, -0.15) is 0 Å². The second-order valence-corrected chi connectivity index (χ2v) is 21.4. The van der Waals surface area contributed by atoms with Gasteiger partial charge in [0.2, 0.25) is 0 Å². The van der Waals surface area contributed by atoms with Crippen LogP contribution in [-0.2, 0) is 32.7 Å². The van der Waals surface area contributed by atoms with Crippen LogP contribution in [0, 0.1) is 0 Å². The molecule has 0 amide bonds. The molecule has 0 rings (SSSR count). The highest BCUT2D eigenvalue weighted by Crippen LogP contribution is 2.38. The van der Waals surface area contributed by atoms with E-state index in [2.05, 4.69) is 62.5 Å². The number of rotatable bonds is 51. The van der Waals surface area contributed by atoms with Crippen molar-refractivity contribution < 1.29 is 42.1 Å². The molecular weight excluding hydrogens is 858 g/mol. The van der Waals surface area contributed by atoms with Crippen molar-refractivity contribution in [1.82, 2.24) is 0 Å². The second kappa shape index (κ2) is 49.0. The van der Waals surface area contributed by atoms with E-state index in [1.807, 2.05) is 21.1 Å². The number of unbranched alkanes of at least 4 members (excludes halogenated alkanes) is 29. The van der Waals surface area contributed by atoms with Crippen LogP contribution in [0.2, 0.25) is 0 Å². The molecule has 67 heavy (non-hydrogen) atoms. The lowest BCUT2D eigenvalue weighted by molar-refractivity contribution is -0.870.